The lowest BCUT2D eigenvalue weighted by atomic mass is 10.1. The van der Waals surface area contributed by atoms with Gasteiger partial charge in [0.2, 0.25) is 0 Å². The van der Waals surface area contributed by atoms with Gasteiger partial charge in [-0.25, -0.2) is 4.39 Å². The second-order valence-electron chi connectivity index (χ2n) is 5.30. The number of amides is 1. The molecular formula is C19H16FN3O. The van der Waals surface area contributed by atoms with Gasteiger partial charge in [-0.1, -0.05) is 0 Å². The van der Waals surface area contributed by atoms with E-state index in [0.29, 0.717) is 17.8 Å². The van der Waals surface area contributed by atoms with Crippen molar-refractivity contribution >= 4 is 5.91 Å². The van der Waals surface area contributed by atoms with Crippen LogP contribution in [0.25, 0.3) is 11.3 Å². The fourth-order valence-electron chi connectivity index (χ4n) is 2.29. The molecule has 5 heteroatoms. The van der Waals surface area contributed by atoms with Gasteiger partial charge in [0.05, 0.1) is 11.3 Å². The Morgan fingerprint density at radius 3 is 2.42 bits per heavy atom. The van der Waals surface area contributed by atoms with Crippen LogP contribution >= 0.6 is 0 Å². The van der Waals surface area contributed by atoms with Crippen LogP contribution in [0, 0.1) is 5.82 Å². The highest BCUT2D eigenvalue weighted by Gasteiger charge is 2.07. The first-order valence-electron chi connectivity index (χ1n) is 7.61. The molecule has 1 aromatic carbocycles. The quantitative estimate of drug-likeness (QED) is 0.785. The molecule has 0 aliphatic carbocycles. The van der Waals surface area contributed by atoms with Crippen molar-refractivity contribution in [2.75, 3.05) is 6.54 Å². The number of halogens is 1. The summed E-state index contributed by atoms with van der Waals surface area (Å²) in [5.41, 5.74) is 3.12. The molecule has 3 rings (SSSR count). The number of pyridine rings is 2. The topological polar surface area (TPSA) is 54.9 Å². The summed E-state index contributed by atoms with van der Waals surface area (Å²) in [5, 5.41) is 2.87. The number of rotatable bonds is 5. The van der Waals surface area contributed by atoms with Gasteiger partial charge < -0.3 is 5.32 Å². The summed E-state index contributed by atoms with van der Waals surface area (Å²) in [5.74, 6) is -0.453. The minimum Gasteiger partial charge on any atom is -0.352 e. The van der Waals surface area contributed by atoms with Gasteiger partial charge in [0, 0.05) is 30.7 Å². The van der Waals surface area contributed by atoms with Crippen LogP contribution in [0.4, 0.5) is 4.39 Å². The van der Waals surface area contributed by atoms with Crippen LogP contribution in [-0.4, -0.2) is 22.4 Å². The number of benzene rings is 1. The van der Waals surface area contributed by atoms with E-state index in [1.165, 1.54) is 18.3 Å². The van der Waals surface area contributed by atoms with Gasteiger partial charge in [0.15, 0.2) is 0 Å². The normalized spacial score (nSPS) is 10.4. The third-order valence-electron chi connectivity index (χ3n) is 3.61. The summed E-state index contributed by atoms with van der Waals surface area (Å²) in [6.45, 7) is 0.544. The average molecular weight is 321 g/mol. The van der Waals surface area contributed by atoms with Crippen molar-refractivity contribution in [3.63, 3.8) is 0 Å². The lowest BCUT2D eigenvalue weighted by Crippen LogP contribution is -2.25. The molecule has 1 amide bonds. The van der Waals surface area contributed by atoms with Crippen LogP contribution in [0.5, 0.6) is 0 Å². The Morgan fingerprint density at radius 1 is 1.00 bits per heavy atom. The summed E-state index contributed by atoms with van der Waals surface area (Å²) < 4.78 is 12.9. The smallest absolute Gasteiger partial charge is 0.252 e. The number of aromatic nitrogens is 2. The summed E-state index contributed by atoms with van der Waals surface area (Å²) in [4.78, 5) is 20.3. The molecule has 0 radical (unpaired) electrons. The van der Waals surface area contributed by atoms with Crippen molar-refractivity contribution in [1.82, 2.24) is 15.3 Å². The van der Waals surface area contributed by atoms with Gasteiger partial charge in [-0.2, -0.15) is 0 Å². The molecular weight excluding hydrogens is 305 g/mol. The predicted octanol–water partition coefficient (Wildman–Crippen LogP) is 3.26. The highest BCUT2D eigenvalue weighted by molar-refractivity contribution is 5.94. The Bertz CT molecular complexity index is 802. The van der Waals surface area contributed by atoms with E-state index in [2.05, 4.69) is 15.3 Å². The molecule has 4 nitrogen and oxygen atoms in total. The minimum atomic E-state index is -0.288. The standard InChI is InChI=1S/C19H16FN3O/c20-17-4-1-15(2-5-17)18-6-3-16(13-23-18)19(24)22-12-9-14-7-10-21-11-8-14/h1-8,10-11,13H,9,12H2,(H,22,24). The second kappa shape index (κ2) is 7.46. The average Bonchev–Trinajstić information content (AvgIpc) is 2.63. The summed E-state index contributed by atoms with van der Waals surface area (Å²) in [7, 11) is 0. The molecule has 1 N–H and O–H groups in total. The molecule has 0 unspecified atom stereocenters. The molecule has 2 aromatic heterocycles. The van der Waals surface area contributed by atoms with Crippen LogP contribution in [0.2, 0.25) is 0 Å². The van der Waals surface area contributed by atoms with Crippen molar-refractivity contribution in [2.24, 2.45) is 0 Å². The molecule has 0 atom stereocenters. The molecule has 0 spiro atoms. The third-order valence-corrected chi connectivity index (χ3v) is 3.61. The molecule has 0 fully saturated rings. The zero-order valence-electron chi connectivity index (χ0n) is 12.9. The largest absolute Gasteiger partial charge is 0.352 e. The maximum absolute atomic E-state index is 12.9. The van der Waals surface area contributed by atoms with E-state index in [9.17, 15) is 9.18 Å². The molecule has 120 valence electrons. The Labute approximate surface area is 139 Å². The van der Waals surface area contributed by atoms with Crippen molar-refractivity contribution in [1.29, 1.82) is 0 Å². The lowest BCUT2D eigenvalue weighted by molar-refractivity contribution is 0.0954. The SMILES string of the molecule is O=C(NCCc1ccncc1)c1ccc(-c2ccc(F)cc2)nc1. The number of hydrogen-bond acceptors (Lipinski definition) is 3. The highest BCUT2D eigenvalue weighted by Crippen LogP contribution is 2.17. The van der Waals surface area contributed by atoms with Crippen molar-refractivity contribution < 1.29 is 9.18 Å². The van der Waals surface area contributed by atoms with Crippen molar-refractivity contribution in [3.8, 4) is 11.3 Å². The maximum atomic E-state index is 12.9. The fourth-order valence-corrected chi connectivity index (χ4v) is 2.29. The zero-order valence-corrected chi connectivity index (χ0v) is 12.9. The highest BCUT2D eigenvalue weighted by atomic mass is 19.1. The summed E-state index contributed by atoms with van der Waals surface area (Å²) >= 11 is 0. The zero-order chi connectivity index (χ0) is 16.8. The van der Waals surface area contributed by atoms with Gasteiger partial charge in [-0.05, 0) is 60.5 Å². The monoisotopic (exact) mass is 321 g/mol. The minimum absolute atomic E-state index is 0.165. The van der Waals surface area contributed by atoms with Crippen molar-refractivity contribution in [3.05, 3.63) is 84.1 Å². The first-order valence-corrected chi connectivity index (χ1v) is 7.61. The number of hydrogen-bond donors (Lipinski definition) is 1. The lowest BCUT2D eigenvalue weighted by Gasteiger charge is -2.06. The number of carbonyl (C=O) groups is 1. The molecule has 0 aliphatic heterocycles. The van der Waals surface area contributed by atoms with Gasteiger partial charge in [0.1, 0.15) is 5.82 Å². The number of carbonyl (C=O) groups excluding carboxylic acids is 1. The first kappa shape index (κ1) is 15.8. The van der Waals surface area contributed by atoms with Gasteiger partial charge in [0.25, 0.3) is 5.91 Å². The van der Waals surface area contributed by atoms with E-state index in [1.807, 2.05) is 12.1 Å². The van der Waals surface area contributed by atoms with E-state index in [0.717, 1.165) is 17.5 Å². The van der Waals surface area contributed by atoms with Crippen LogP contribution in [0.3, 0.4) is 0 Å². The maximum Gasteiger partial charge on any atom is 0.252 e. The molecule has 0 saturated heterocycles. The Hall–Kier alpha value is -3.08. The van der Waals surface area contributed by atoms with E-state index < -0.39 is 0 Å². The Morgan fingerprint density at radius 2 is 1.75 bits per heavy atom. The molecule has 2 heterocycles. The third kappa shape index (κ3) is 4.01. The van der Waals surface area contributed by atoms with E-state index in [1.54, 1.807) is 36.7 Å². The first-order chi connectivity index (χ1) is 11.7. The van der Waals surface area contributed by atoms with Crippen molar-refractivity contribution in [2.45, 2.75) is 6.42 Å². The summed E-state index contributed by atoms with van der Waals surface area (Å²) in [6.07, 6.45) is 5.74. The predicted molar refractivity (Wildman–Crippen MR) is 89.9 cm³/mol. The van der Waals surface area contributed by atoms with Crippen LogP contribution < -0.4 is 5.32 Å². The van der Waals surface area contributed by atoms with Crippen LogP contribution in [-0.2, 0) is 6.42 Å². The Balaban J connectivity index is 1.58. The van der Waals surface area contributed by atoms with Gasteiger partial charge in [-0.3, -0.25) is 14.8 Å². The van der Waals surface area contributed by atoms with E-state index in [-0.39, 0.29) is 11.7 Å². The molecule has 24 heavy (non-hydrogen) atoms. The fraction of sp³-hybridized carbons (Fsp3) is 0.105. The molecule has 3 aromatic rings. The Kier molecular flexibility index (Phi) is 4.91. The molecule has 0 aliphatic rings. The summed E-state index contributed by atoms with van der Waals surface area (Å²) in [6, 6.07) is 13.4. The van der Waals surface area contributed by atoms with Crippen LogP contribution in [0.15, 0.2) is 67.1 Å². The molecule has 0 bridgehead atoms. The second-order valence-corrected chi connectivity index (χ2v) is 5.30. The number of nitrogens with zero attached hydrogens (tertiary/aromatic N) is 2. The van der Waals surface area contributed by atoms with Gasteiger partial charge >= 0.3 is 0 Å². The van der Waals surface area contributed by atoms with E-state index >= 15 is 0 Å². The number of nitrogens with one attached hydrogen (secondary N) is 1. The van der Waals surface area contributed by atoms with Gasteiger partial charge in [-0.15, -0.1) is 0 Å². The van der Waals surface area contributed by atoms with Crippen LogP contribution in [0.1, 0.15) is 15.9 Å². The van der Waals surface area contributed by atoms with E-state index in [4.69, 9.17) is 0 Å². The molecule has 0 saturated carbocycles.